The summed E-state index contributed by atoms with van der Waals surface area (Å²) in [6.45, 7) is 3.30. The molecule has 4 N–H and O–H groups in total. The van der Waals surface area contributed by atoms with Crippen molar-refractivity contribution in [1.29, 1.82) is 0 Å². The number of halogens is 1. The molecule has 8 nitrogen and oxygen atoms in total. The summed E-state index contributed by atoms with van der Waals surface area (Å²) in [6.07, 6.45) is 0.0677. The number of H-pyrrole nitrogens is 1. The maximum atomic E-state index is 12.6. The van der Waals surface area contributed by atoms with Gasteiger partial charge >= 0.3 is 0 Å². The summed E-state index contributed by atoms with van der Waals surface area (Å²) >= 11 is 5.91. The lowest BCUT2D eigenvalue weighted by atomic mass is 10.1. The first-order valence-electron chi connectivity index (χ1n) is 11.2. The molecule has 0 amide bonds. The number of aryl methyl sites for hydroxylation is 1. The Kier molecular flexibility index (Phi) is 7.92. The number of hydrogen-bond donors (Lipinski definition) is 4. The number of hydrogen-bond acceptors (Lipinski definition) is 6. The predicted octanol–water partition coefficient (Wildman–Crippen LogP) is 4.28. The maximum absolute atomic E-state index is 12.6. The van der Waals surface area contributed by atoms with Crippen molar-refractivity contribution in [3.63, 3.8) is 0 Å². The van der Waals surface area contributed by atoms with Gasteiger partial charge in [-0.25, -0.2) is 8.42 Å². The summed E-state index contributed by atoms with van der Waals surface area (Å²) in [7, 11) is -3.80. The standard InChI is InChI=1S/C25H27ClN4O4S/c1-2-23-22-10-9-20(15-24(22)29-28-23)34-12-11-27-16-25(31)17-5-3-7-19(13-17)30-35(32,33)21-8-4-6-18(26)14-21/h3-10,13-15,25,27,30-31H,2,11-12,16H2,1H3,(H,28,29). The molecule has 4 aromatic rings. The van der Waals surface area contributed by atoms with Crippen molar-refractivity contribution in [1.82, 2.24) is 15.5 Å². The van der Waals surface area contributed by atoms with Gasteiger partial charge in [0.25, 0.3) is 10.0 Å². The Labute approximate surface area is 209 Å². The van der Waals surface area contributed by atoms with Crippen LogP contribution in [0.3, 0.4) is 0 Å². The first kappa shape index (κ1) is 25.0. The monoisotopic (exact) mass is 514 g/mol. The maximum Gasteiger partial charge on any atom is 0.261 e. The van der Waals surface area contributed by atoms with Crippen LogP contribution in [0.15, 0.2) is 71.6 Å². The zero-order valence-electron chi connectivity index (χ0n) is 19.2. The van der Waals surface area contributed by atoms with Crippen LogP contribution in [0.5, 0.6) is 5.75 Å². The Morgan fingerprint density at radius 2 is 1.94 bits per heavy atom. The number of benzene rings is 3. The van der Waals surface area contributed by atoms with Gasteiger partial charge in [-0.15, -0.1) is 0 Å². The molecule has 0 aliphatic heterocycles. The molecular formula is C25H27ClN4O4S. The van der Waals surface area contributed by atoms with Crippen molar-refractivity contribution in [3.8, 4) is 5.75 Å². The van der Waals surface area contributed by atoms with Crippen LogP contribution in [-0.4, -0.2) is 43.4 Å². The second-order valence-electron chi connectivity index (χ2n) is 7.99. The fourth-order valence-electron chi connectivity index (χ4n) is 3.66. The van der Waals surface area contributed by atoms with Crippen LogP contribution in [0.1, 0.15) is 24.3 Å². The molecule has 35 heavy (non-hydrogen) atoms. The minimum absolute atomic E-state index is 0.0647. The highest BCUT2D eigenvalue weighted by Gasteiger charge is 2.16. The molecule has 10 heteroatoms. The van der Waals surface area contributed by atoms with Gasteiger partial charge in [-0.1, -0.05) is 36.7 Å². The van der Waals surface area contributed by atoms with Crippen LogP contribution in [-0.2, 0) is 16.4 Å². The summed E-state index contributed by atoms with van der Waals surface area (Å²) in [4.78, 5) is 0.0647. The largest absolute Gasteiger partial charge is 0.492 e. The normalized spacial score (nSPS) is 12.5. The molecule has 1 aromatic heterocycles. The van der Waals surface area contributed by atoms with Crippen LogP contribution in [0.4, 0.5) is 5.69 Å². The van der Waals surface area contributed by atoms with Gasteiger partial charge in [-0.2, -0.15) is 5.10 Å². The highest BCUT2D eigenvalue weighted by Crippen LogP contribution is 2.23. The van der Waals surface area contributed by atoms with Gasteiger partial charge in [0.2, 0.25) is 0 Å². The summed E-state index contributed by atoms with van der Waals surface area (Å²) in [5.74, 6) is 0.730. The Balaban J connectivity index is 1.27. The number of sulfonamides is 1. The second kappa shape index (κ2) is 11.1. The number of aliphatic hydroxyl groups is 1. The number of aromatic nitrogens is 2. The van der Waals surface area contributed by atoms with Crippen molar-refractivity contribution in [2.45, 2.75) is 24.3 Å². The van der Waals surface area contributed by atoms with Crippen molar-refractivity contribution >= 4 is 38.2 Å². The van der Waals surface area contributed by atoms with Gasteiger partial charge in [0.1, 0.15) is 12.4 Å². The van der Waals surface area contributed by atoms with E-state index in [1.54, 1.807) is 36.4 Å². The van der Waals surface area contributed by atoms with E-state index in [0.717, 1.165) is 28.8 Å². The molecule has 0 saturated heterocycles. The molecule has 0 spiro atoms. The predicted molar refractivity (Wildman–Crippen MR) is 137 cm³/mol. The van der Waals surface area contributed by atoms with Crippen LogP contribution in [0.2, 0.25) is 5.02 Å². The molecule has 0 fully saturated rings. The number of aliphatic hydroxyl groups excluding tert-OH is 1. The van der Waals surface area contributed by atoms with Crippen molar-refractivity contribution < 1.29 is 18.3 Å². The lowest BCUT2D eigenvalue weighted by Gasteiger charge is -2.15. The van der Waals surface area contributed by atoms with E-state index < -0.39 is 16.1 Å². The van der Waals surface area contributed by atoms with Gasteiger partial charge in [0, 0.05) is 40.9 Å². The topological polar surface area (TPSA) is 116 Å². The molecule has 0 radical (unpaired) electrons. The zero-order chi connectivity index (χ0) is 24.8. The van der Waals surface area contributed by atoms with Gasteiger partial charge in [0.15, 0.2) is 0 Å². The van der Waals surface area contributed by atoms with Crippen LogP contribution in [0, 0.1) is 0 Å². The summed E-state index contributed by atoms with van der Waals surface area (Å²) in [6, 6.07) is 18.5. The number of fused-ring (bicyclic) bond motifs is 1. The van der Waals surface area contributed by atoms with Crippen LogP contribution < -0.4 is 14.8 Å². The number of ether oxygens (including phenoxy) is 1. The fourth-order valence-corrected chi connectivity index (χ4v) is 5.01. The molecule has 184 valence electrons. The first-order chi connectivity index (χ1) is 16.9. The van der Waals surface area contributed by atoms with Crippen molar-refractivity contribution in [2.75, 3.05) is 24.4 Å². The number of anilines is 1. The average Bonchev–Trinajstić information content (AvgIpc) is 3.26. The van der Waals surface area contributed by atoms with Crippen molar-refractivity contribution in [3.05, 3.63) is 83.0 Å². The molecule has 0 saturated carbocycles. The molecule has 1 heterocycles. The van der Waals surface area contributed by atoms with E-state index in [2.05, 4.69) is 27.2 Å². The number of nitrogens with one attached hydrogen (secondary N) is 3. The number of nitrogens with zero attached hydrogens (tertiary/aromatic N) is 1. The molecule has 1 unspecified atom stereocenters. The molecule has 3 aromatic carbocycles. The molecule has 4 rings (SSSR count). The van der Waals surface area contributed by atoms with E-state index >= 15 is 0 Å². The number of rotatable bonds is 11. The highest BCUT2D eigenvalue weighted by atomic mass is 35.5. The third kappa shape index (κ3) is 6.32. The molecule has 0 aliphatic carbocycles. The third-order valence-electron chi connectivity index (χ3n) is 5.47. The Hall–Kier alpha value is -3.11. The van der Waals surface area contributed by atoms with E-state index in [0.29, 0.717) is 29.4 Å². The van der Waals surface area contributed by atoms with Gasteiger partial charge in [-0.05, 0) is 54.4 Å². The van der Waals surface area contributed by atoms with Gasteiger partial charge in [-0.3, -0.25) is 9.82 Å². The SMILES string of the molecule is CCc1[nH]nc2cc(OCCNCC(O)c3cccc(NS(=O)(=O)c4cccc(Cl)c4)c3)ccc12. The quantitative estimate of drug-likeness (QED) is 0.222. The fraction of sp³-hybridized carbons (Fsp3) is 0.240. The smallest absolute Gasteiger partial charge is 0.261 e. The molecular weight excluding hydrogens is 488 g/mol. The van der Waals surface area contributed by atoms with E-state index in [1.165, 1.54) is 12.1 Å². The molecule has 0 bridgehead atoms. The Morgan fingerprint density at radius 1 is 1.11 bits per heavy atom. The zero-order valence-corrected chi connectivity index (χ0v) is 20.7. The Morgan fingerprint density at radius 3 is 2.74 bits per heavy atom. The van der Waals surface area contributed by atoms with Gasteiger partial charge < -0.3 is 15.2 Å². The average molecular weight is 515 g/mol. The summed E-state index contributed by atoms with van der Waals surface area (Å²) in [5.41, 5.74) is 2.91. The van der Waals surface area contributed by atoms with E-state index in [9.17, 15) is 13.5 Å². The number of aromatic amines is 1. The summed E-state index contributed by atoms with van der Waals surface area (Å²) in [5, 5.41) is 22.5. The third-order valence-corrected chi connectivity index (χ3v) is 7.09. The summed E-state index contributed by atoms with van der Waals surface area (Å²) < 4.78 is 33.6. The highest BCUT2D eigenvalue weighted by molar-refractivity contribution is 7.92. The molecule has 0 aliphatic rings. The minimum Gasteiger partial charge on any atom is -0.492 e. The lowest BCUT2D eigenvalue weighted by Crippen LogP contribution is -2.26. The van der Waals surface area contributed by atoms with E-state index in [1.807, 2.05) is 18.2 Å². The van der Waals surface area contributed by atoms with Crippen LogP contribution >= 0.6 is 11.6 Å². The lowest BCUT2D eigenvalue weighted by molar-refractivity contribution is 0.172. The second-order valence-corrected chi connectivity index (χ2v) is 10.1. The Bertz CT molecular complexity index is 1410. The van der Waals surface area contributed by atoms with Gasteiger partial charge in [0.05, 0.1) is 16.5 Å². The molecule has 1 atom stereocenters. The van der Waals surface area contributed by atoms with Crippen LogP contribution in [0.25, 0.3) is 10.9 Å². The van der Waals surface area contributed by atoms with E-state index in [-0.39, 0.29) is 11.4 Å². The van der Waals surface area contributed by atoms with Crippen molar-refractivity contribution in [2.24, 2.45) is 0 Å². The minimum atomic E-state index is -3.80. The first-order valence-corrected chi connectivity index (χ1v) is 13.1. The van der Waals surface area contributed by atoms with E-state index in [4.69, 9.17) is 16.3 Å².